The monoisotopic (exact) mass is 284 g/mol. The second-order valence-corrected chi connectivity index (χ2v) is 5.92. The number of hydrogen-bond donors (Lipinski definition) is 0. The molecule has 1 amide bonds. The minimum Gasteiger partial charge on any atom is -0.287 e. The van der Waals surface area contributed by atoms with Gasteiger partial charge in [-0.15, -0.1) is 17.9 Å². The van der Waals surface area contributed by atoms with Crippen molar-refractivity contribution in [1.29, 1.82) is 0 Å². The largest absolute Gasteiger partial charge is 0.287 e. The molecule has 1 unspecified atom stereocenters. The SMILES string of the molecule is C=CC1CC(=O)N(c2nc(-c3ccc(C)cc3)cs2)C1. The van der Waals surface area contributed by atoms with E-state index in [0.29, 0.717) is 13.0 Å². The van der Waals surface area contributed by atoms with Crippen molar-refractivity contribution in [3.63, 3.8) is 0 Å². The van der Waals surface area contributed by atoms with E-state index >= 15 is 0 Å². The van der Waals surface area contributed by atoms with Gasteiger partial charge in [0.25, 0.3) is 0 Å². The molecule has 0 aliphatic carbocycles. The van der Waals surface area contributed by atoms with Gasteiger partial charge in [0.1, 0.15) is 0 Å². The van der Waals surface area contributed by atoms with Gasteiger partial charge in [0, 0.05) is 29.8 Å². The zero-order valence-corrected chi connectivity index (χ0v) is 12.2. The quantitative estimate of drug-likeness (QED) is 0.806. The highest BCUT2D eigenvalue weighted by Crippen LogP contribution is 2.31. The fraction of sp³-hybridized carbons (Fsp3) is 0.250. The first-order valence-corrected chi connectivity index (χ1v) is 7.51. The summed E-state index contributed by atoms with van der Waals surface area (Å²) in [6.45, 7) is 6.53. The van der Waals surface area contributed by atoms with Gasteiger partial charge in [-0.1, -0.05) is 35.9 Å². The molecule has 20 heavy (non-hydrogen) atoms. The van der Waals surface area contributed by atoms with Gasteiger partial charge >= 0.3 is 0 Å². The normalized spacial score (nSPS) is 18.6. The Morgan fingerprint density at radius 2 is 2.15 bits per heavy atom. The number of thiazole rings is 1. The van der Waals surface area contributed by atoms with Crippen molar-refractivity contribution in [3.05, 3.63) is 47.9 Å². The minimum atomic E-state index is 0.139. The number of carbonyl (C=O) groups excluding carboxylic acids is 1. The van der Waals surface area contributed by atoms with Crippen molar-refractivity contribution in [2.45, 2.75) is 13.3 Å². The first-order valence-electron chi connectivity index (χ1n) is 6.63. The van der Waals surface area contributed by atoms with Crippen molar-refractivity contribution in [3.8, 4) is 11.3 Å². The number of nitrogens with zero attached hydrogens (tertiary/aromatic N) is 2. The molecular weight excluding hydrogens is 268 g/mol. The molecule has 1 aliphatic heterocycles. The summed E-state index contributed by atoms with van der Waals surface area (Å²) in [5, 5.41) is 2.80. The molecule has 1 aromatic heterocycles. The maximum absolute atomic E-state index is 12.0. The molecule has 1 fully saturated rings. The van der Waals surface area contributed by atoms with E-state index in [0.717, 1.165) is 16.4 Å². The second kappa shape index (κ2) is 5.21. The number of carbonyl (C=O) groups is 1. The Morgan fingerprint density at radius 1 is 1.40 bits per heavy atom. The van der Waals surface area contributed by atoms with Crippen molar-refractivity contribution in [1.82, 2.24) is 4.98 Å². The number of benzene rings is 1. The third-order valence-corrected chi connectivity index (χ3v) is 4.42. The lowest BCUT2D eigenvalue weighted by atomic mass is 10.1. The lowest BCUT2D eigenvalue weighted by Crippen LogP contribution is -2.24. The van der Waals surface area contributed by atoms with Crippen LogP contribution in [0.15, 0.2) is 42.3 Å². The third kappa shape index (κ3) is 2.39. The van der Waals surface area contributed by atoms with Crippen LogP contribution in [0, 0.1) is 12.8 Å². The van der Waals surface area contributed by atoms with Crippen LogP contribution in [-0.4, -0.2) is 17.4 Å². The smallest absolute Gasteiger partial charge is 0.229 e. The molecule has 2 aromatic rings. The Balaban J connectivity index is 1.85. The van der Waals surface area contributed by atoms with Crippen LogP contribution in [0.3, 0.4) is 0 Å². The maximum Gasteiger partial charge on any atom is 0.229 e. The Labute approximate surface area is 122 Å². The van der Waals surface area contributed by atoms with Crippen LogP contribution >= 0.6 is 11.3 Å². The number of amides is 1. The van der Waals surface area contributed by atoms with Crippen molar-refractivity contribution in [2.75, 3.05) is 11.4 Å². The number of anilines is 1. The Kier molecular flexibility index (Phi) is 3.40. The number of aryl methyl sites for hydroxylation is 1. The van der Waals surface area contributed by atoms with E-state index in [-0.39, 0.29) is 11.8 Å². The highest BCUT2D eigenvalue weighted by molar-refractivity contribution is 7.14. The maximum atomic E-state index is 12.0. The van der Waals surface area contributed by atoms with Crippen LogP contribution in [0.5, 0.6) is 0 Å². The van der Waals surface area contributed by atoms with Crippen LogP contribution < -0.4 is 4.90 Å². The van der Waals surface area contributed by atoms with Crippen LogP contribution in [-0.2, 0) is 4.79 Å². The Bertz CT molecular complexity index is 645. The molecule has 0 bridgehead atoms. The molecule has 1 atom stereocenters. The van der Waals surface area contributed by atoms with Crippen LogP contribution in [0.4, 0.5) is 5.13 Å². The van der Waals surface area contributed by atoms with Gasteiger partial charge in [-0.25, -0.2) is 4.98 Å². The molecule has 1 aromatic carbocycles. The summed E-state index contributed by atoms with van der Waals surface area (Å²) in [5.74, 6) is 0.383. The molecule has 0 N–H and O–H groups in total. The van der Waals surface area contributed by atoms with Gasteiger partial charge in [-0.05, 0) is 6.92 Å². The molecule has 0 radical (unpaired) electrons. The van der Waals surface area contributed by atoms with Crippen molar-refractivity contribution >= 4 is 22.4 Å². The molecule has 3 nitrogen and oxygen atoms in total. The topological polar surface area (TPSA) is 33.2 Å². The van der Waals surface area contributed by atoms with Gasteiger partial charge < -0.3 is 0 Å². The van der Waals surface area contributed by atoms with Gasteiger partial charge in [-0.2, -0.15) is 0 Å². The van der Waals surface area contributed by atoms with E-state index in [4.69, 9.17) is 0 Å². The first-order chi connectivity index (χ1) is 9.67. The average molecular weight is 284 g/mol. The van der Waals surface area contributed by atoms with Gasteiger partial charge in [0.15, 0.2) is 5.13 Å². The zero-order valence-electron chi connectivity index (χ0n) is 11.4. The Morgan fingerprint density at radius 3 is 2.80 bits per heavy atom. The zero-order chi connectivity index (χ0) is 14.1. The van der Waals surface area contributed by atoms with E-state index in [1.165, 1.54) is 16.9 Å². The predicted octanol–water partition coefficient (Wildman–Crippen LogP) is 3.66. The first kappa shape index (κ1) is 13.1. The summed E-state index contributed by atoms with van der Waals surface area (Å²) in [5.41, 5.74) is 3.25. The highest BCUT2D eigenvalue weighted by atomic mass is 32.1. The molecule has 0 spiro atoms. The summed E-state index contributed by atoms with van der Waals surface area (Å²) in [7, 11) is 0. The highest BCUT2D eigenvalue weighted by Gasteiger charge is 2.30. The van der Waals surface area contributed by atoms with Crippen LogP contribution in [0.2, 0.25) is 0 Å². The van der Waals surface area contributed by atoms with E-state index in [9.17, 15) is 4.79 Å². The average Bonchev–Trinajstić information content (AvgIpc) is 3.06. The van der Waals surface area contributed by atoms with Gasteiger partial charge in [0.2, 0.25) is 5.91 Å². The third-order valence-electron chi connectivity index (χ3n) is 3.56. The summed E-state index contributed by atoms with van der Waals surface area (Å²) in [6.07, 6.45) is 2.40. The molecule has 2 heterocycles. The molecule has 0 saturated carbocycles. The predicted molar refractivity (Wildman–Crippen MR) is 82.9 cm³/mol. The number of hydrogen-bond acceptors (Lipinski definition) is 3. The van der Waals surface area contributed by atoms with E-state index in [1.807, 2.05) is 11.5 Å². The van der Waals surface area contributed by atoms with Crippen LogP contribution in [0.25, 0.3) is 11.3 Å². The summed E-state index contributed by atoms with van der Waals surface area (Å²) >= 11 is 1.52. The Hall–Kier alpha value is -1.94. The summed E-state index contributed by atoms with van der Waals surface area (Å²) < 4.78 is 0. The van der Waals surface area contributed by atoms with E-state index in [2.05, 4.69) is 42.8 Å². The van der Waals surface area contributed by atoms with Crippen molar-refractivity contribution in [2.24, 2.45) is 5.92 Å². The standard InChI is InChI=1S/C16H16N2OS/c1-3-12-8-15(19)18(9-12)16-17-14(10-20-16)13-6-4-11(2)5-7-13/h3-7,10,12H,1,8-9H2,2H3. The fourth-order valence-electron chi connectivity index (χ4n) is 2.32. The van der Waals surface area contributed by atoms with Crippen LogP contribution in [0.1, 0.15) is 12.0 Å². The van der Waals surface area contributed by atoms with Gasteiger partial charge in [-0.3, -0.25) is 9.69 Å². The fourth-order valence-corrected chi connectivity index (χ4v) is 3.18. The molecular formula is C16H16N2OS. The lowest BCUT2D eigenvalue weighted by Gasteiger charge is -2.11. The van der Waals surface area contributed by atoms with E-state index in [1.54, 1.807) is 4.90 Å². The minimum absolute atomic E-state index is 0.139. The molecule has 1 saturated heterocycles. The van der Waals surface area contributed by atoms with Crippen molar-refractivity contribution < 1.29 is 4.79 Å². The molecule has 102 valence electrons. The summed E-state index contributed by atoms with van der Waals surface area (Å²) in [6, 6.07) is 8.27. The lowest BCUT2D eigenvalue weighted by molar-refractivity contribution is -0.117. The summed E-state index contributed by atoms with van der Waals surface area (Å²) in [4.78, 5) is 18.4. The molecule has 3 rings (SSSR count). The molecule has 4 heteroatoms. The second-order valence-electron chi connectivity index (χ2n) is 5.09. The molecule has 1 aliphatic rings. The number of rotatable bonds is 3. The number of aromatic nitrogens is 1. The van der Waals surface area contributed by atoms with Gasteiger partial charge in [0.05, 0.1) is 5.69 Å². The van der Waals surface area contributed by atoms with E-state index < -0.39 is 0 Å².